The maximum atomic E-state index is 12.4. The molecule has 10 heteroatoms. The minimum absolute atomic E-state index is 0.0150. The fraction of sp³-hybridized carbons (Fsp3) is 0.533. The molecule has 1 aromatic carbocycles. The molecule has 2 N–H and O–H groups in total. The molecule has 0 unspecified atom stereocenters. The molecular weight excluding hydrogens is 350 g/mol. The van der Waals surface area contributed by atoms with E-state index in [1.54, 1.807) is 11.8 Å². The molecule has 0 aromatic heterocycles. The fourth-order valence-corrected chi connectivity index (χ4v) is 4.18. The molecule has 1 aromatic rings. The molecule has 1 fully saturated rings. The highest BCUT2D eigenvalue weighted by atomic mass is 32.2. The lowest BCUT2D eigenvalue weighted by Crippen LogP contribution is -2.54. The van der Waals surface area contributed by atoms with E-state index in [2.05, 4.69) is 4.72 Å². The van der Waals surface area contributed by atoms with E-state index in [4.69, 9.17) is 5.11 Å². The maximum Gasteiger partial charge on any atom is 0.317 e. The lowest BCUT2D eigenvalue weighted by molar-refractivity contribution is -0.385. The second-order valence-corrected chi connectivity index (χ2v) is 7.82. The van der Waals surface area contributed by atoms with Crippen LogP contribution >= 0.6 is 0 Å². The van der Waals surface area contributed by atoms with E-state index in [1.807, 2.05) is 6.92 Å². The van der Waals surface area contributed by atoms with Gasteiger partial charge in [-0.15, -0.1) is 0 Å². The van der Waals surface area contributed by atoms with Crippen LogP contribution in [0.4, 0.5) is 5.69 Å². The lowest BCUT2D eigenvalue weighted by atomic mass is 9.86. The lowest BCUT2D eigenvalue weighted by Gasteiger charge is -2.42. The highest BCUT2D eigenvalue weighted by molar-refractivity contribution is 7.89. The molecule has 0 atom stereocenters. The van der Waals surface area contributed by atoms with E-state index < -0.39 is 20.9 Å². The quantitative estimate of drug-likeness (QED) is 0.517. The topological polar surface area (TPSA) is 130 Å². The summed E-state index contributed by atoms with van der Waals surface area (Å²) < 4.78 is 27.3. The van der Waals surface area contributed by atoms with Crippen molar-refractivity contribution in [3.8, 4) is 0 Å². The normalized spacial score (nSPS) is 20.3. The van der Waals surface area contributed by atoms with Crippen molar-refractivity contribution in [3.05, 3.63) is 33.9 Å². The number of sulfonamides is 1. The van der Waals surface area contributed by atoms with Crippen LogP contribution < -0.4 is 4.72 Å². The van der Waals surface area contributed by atoms with Gasteiger partial charge in [0.2, 0.25) is 10.0 Å². The number of hydrogen-bond acceptors (Lipinski definition) is 6. The summed E-state index contributed by atoms with van der Waals surface area (Å²) in [6, 6.07) is 3.50. The van der Waals surface area contributed by atoms with Crippen LogP contribution in [0.5, 0.6) is 0 Å². The highest BCUT2D eigenvalue weighted by Crippen LogP contribution is 2.28. The van der Waals surface area contributed by atoms with Crippen molar-refractivity contribution in [2.24, 2.45) is 0 Å². The number of rotatable bonds is 8. The summed E-state index contributed by atoms with van der Waals surface area (Å²) >= 11 is 0. The number of aryl methyl sites for hydroxylation is 1. The molecule has 2 rings (SSSR count). The Morgan fingerprint density at radius 3 is 2.60 bits per heavy atom. The monoisotopic (exact) mass is 371 g/mol. The summed E-state index contributed by atoms with van der Waals surface area (Å²) in [5.74, 6) is -0.919. The summed E-state index contributed by atoms with van der Waals surface area (Å²) in [4.78, 5) is 22.8. The number of likely N-dealkylation sites (N-methyl/N-ethyl adjacent to an activating group) is 1. The smallest absolute Gasteiger partial charge is 0.317 e. The summed E-state index contributed by atoms with van der Waals surface area (Å²) in [5.41, 5.74) is 0.146. The standard InChI is InChI=1S/C15H21N3O6S/c1-3-17(9-15(19)20)12-6-11(7-12)16-25(23,24)13-5-4-10(2)14(8-13)18(21)22/h4-5,8,11-12,16H,3,6-7,9H2,1-2H3,(H,19,20). The number of nitrogens with zero attached hydrogens (tertiary/aromatic N) is 2. The Hall–Kier alpha value is -2.04. The molecule has 0 bridgehead atoms. The molecule has 0 spiro atoms. The van der Waals surface area contributed by atoms with E-state index in [-0.39, 0.29) is 29.2 Å². The third-order valence-electron chi connectivity index (χ3n) is 4.38. The molecule has 138 valence electrons. The van der Waals surface area contributed by atoms with Gasteiger partial charge in [-0.05, 0) is 32.4 Å². The predicted molar refractivity (Wildman–Crippen MR) is 89.8 cm³/mol. The van der Waals surface area contributed by atoms with Gasteiger partial charge < -0.3 is 5.11 Å². The van der Waals surface area contributed by atoms with Gasteiger partial charge >= 0.3 is 5.97 Å². The van der Waals surface area contributed by atoms with E-state index in [0.717, 1.165) is 6.07 Å². The summed E-state index contributed by atoms with van der Waals surface area (Å²) in [7, 11) is -3.86. The van der Waals surface area contributed by atoms with Gasteiger partial charge in [0.15, 0.2) is 0 Å². The number of nitro benzene ring substituents is 1. The summed E-state index contributed by atoms with van der Waals surface area (Å²) in [5, 5.41) is 19.8. The van der Waals surface area contributed by atoms with Gasteiger partial charge in [-0.1, -0.05) is 13.0 Å². The van der Waals surface area contributed by atoms with Crippen molar-refractivity contribution in [1.29, 1.82) is 0 Å². The fourth-order valence-electron chi connectivity index (χ4n) is 2.90. The SMILES string of the molecule is CCN(CC(=O)O)C1CC(NS(=O)(=O)c2ccc(C)c([N+](=O)[O-])c2)C1. The minimum atomic E-state index is -3.86. The number of carboxylic acid groups (broad SMARTS) is 1. The molecule has 1 aliphatic carbocycles. The van der Waals surface area contributed by atoms with Crippen LogP contribution in [0.1, 0.15) is 25.3 Å². The van der Waals surface area contributed by atoms with Gasteiger partial charge in [-0.3, -0.25) is 19.8 Å². The molecule has 1 saturated carbocycles. The van der Waals surface area contributed by atoms with Gasteiger partial charge in [0, 0.05) is 23.7 Å². The Bertz CT molecular complexity index is 773. The first-order valence-electron chi connectivity index (χ1n) is 7.87. The number of benzene rings is 1. The molecule has 0 amide bonds. The average Bonchev–Trinajstić information content (AvgIpc) is 2.48. The molecule has 9 nitrogen and oxygen atoms in total. The van der Waals surface area contributed by atoms with E-state index in [0.29, 0.717) is 24.9 Å². The molecule has 0 radical (unpaired) electrons. The number of nitro groups is 1. The van der Waals surface area contributed by atoms with Crippen molar-refractivity contribution in [2.75, 3.05) is 13.1 Å². The van der Waals surface area contributed by atoms with Crippen LogP contribution in [0.3, 0.4) is 0 Å². The Morgan fingerprint density at radius 1 is 1.44 bits per heavy atom. The first kappa shape index (κ1) is 19.3. The number of aliphatic carboxylic acids is 1. The van der Waals surface area contributed by atoms with Crippen molar-refractivity contribution >= 4 is 21.7 Å². The van der Waals surface area contributed by atoms with E-state index in [1.165, 1.54) is 12.1 Å². The van der Waals surface area contributed by atoms with Gasteiger partial charge in [0.25, 0.3) is 5.69 Å². The predicted octanol–water partition coefficient (Wildman–Crippen LogP) is 1.12. The van der Waals surface area contributed by atoms with Gasteiger partial charge in [-0.25, -0.2) is 13.1 Å². The molecular formula is C15H21N3O6S. The number of nitrogens with one attached hydrogen (secondary N) is 1. The Kier molecular flexibility index (Phi) is 5.76. The van der Waals surface area contributed by atoms with Crippen molar-refractivity contribution in [1.82, 2.24) is 9.62 Å². The van der Waals surface area contributed by atoms with Crippen molar-refractivity contribution < 1.29 is 23.2 Å². The molecule has 0 saturated heterocycles. The average molecular weight is 371 g/mol. The van der Waals surface area contributed by atoms with Crippen LogP contribution in [0.2, 0.25) is 0 Å². The van der Waals surface area contributed by atoms with Crippen LogP contribution in [-0.2, 0) is 14.8 Å². The van der Waals surface area contributed by atoms with Crippen LogP contribution in [0.25, 0.3) is 0 Å². The summed E-state index contributed by atoms with van der Waals surface area (Å²) in [6.45, 7) is 3.89. The van der Waals surface area contributed by atoms with Gasteiger partial charge in [0.05, 0.1) is 16.4 Å². The third kappa shape index (κ3) is 4.53. The zero-order valence-electron chi connectivity index (χ0n) is 14.0. The zero-order chi connectivity index (χ0) is 18.8. The Labute approximate surface area is 145 Å². The largest absolute Gasteiger partial charge is 0.480 e. The zero-order valence-corrected chi connectivity index (χ0v) is 14.8. The van der Waals surface area contributed by atoms with Crippen LogP contribution in [-0.4, -0.2) is 54.5 Å². The molecule has 1 aliphatic rings. The molecule has 0 heterocycles. The molecule has 25 heavy (non-hydrogen) atoms. The minimum Gasteiger partial charge on any atom is -0.480 e. The first-order chi connectivity index (χ1) is 11.6. The Morgan fingerprint density at radius 2 is 2.08 bits per heavy atom. The van der Waals surface area contributed by atoms with E-state index in [9.17, 15) is 23.3 Å². The van der Waals surface area contributed by atoms with Crippen molar-refractivity contribution in [2.45, 2.75) is 43.7 Å². The van der Waals surface area contributed by atoms with Crippen molar-refractivity contribution in [3.63, 3.8) is 0 Å². The highest BCUT2D eigenvalue weighted by Gasteiger charge is 2.36. The summed E-state index contributed by atoms with van der Waals surface area (Å²) in [6.07, 6.45) is 1.02. The van der Waals surface area contributed by atoms with E-state index >= 15 is 0 Å². The second kappa shape index (κ2) is 7.46. The number of carboxylic acids is 1. The third-order valence-corrected chi connectivity index (χ3v) is 5.90. The second-order valence-electron chi connectivity index (χ2n) is 6.11. The number of carbonyl (C=O) groups is 1. The first-order valence-corrected chi connectivity index (χ1v) is 9.35. The maximum absolute atomic E-state index is 12.4. The van der Waals surface area contributed by atoms with Gasteiger partial charge in [-0.2, -0.15) is 0 Å². The van der Waals surface area contributed by atoms with Crippen LogP contribution in [0, 0.1) is 17.0 Å². The number of hydrogen-bond donors (Lipinski definition) is 2. The molecule has 0 aliphatic heterocycles. The van der Waals surface area contributed by atoms with Gasteiger partial charge in [0.1, 0.15) is 0 Å². The van der Waals surface area contributed by atoms with Crippen LogP contribution in [0.15, 0.2) is 23.1 Å². The Balaban J connectivity index is 2.03.